The minimum absolute atomic E-state index is 0.00840. The fourth-order valence-corrected chi connectivity index (χ4v) is 3.08. The molecule has 1 fully saturated rings. The van der Waals surface area contributed by atoms with E-state index in [2.05, 4.69) is 9.97 Å². The van der Waals surface area contributed by atoms with Gasteiger partial charge in [0.15, 0.2) is 0 Å². The number of amides is 1. The number of hydrogen-bond donors (Lipinski definition) is 3. The van der Waals surface area contributed by atoms with E-state index in [1.807, 2.05) is 13.8 Å². The summed E-state index contributed by atoms with van der Waals surface area (Å²) < 4.78 is 5.62. The summed E-state index contributed by atoms with van der Waals surface area (Å²) in [5.41, 5.74) is 2.11. The van der Waals surface area contributed by atoms with Crippen molar-refractivity contribution in [2.24, 2.45) is 0 Å². The number of H-pyrrole nitrogens is 1. The van der Waals surface area contributed by atoms with Crippen LogP contribution in [0.5, 0.6) is 0 Å². The smallest absolute Gasteiger partial charge is 0.253 e. The third kappa shape index (κ3) is 3.02. The molecule has 7 nitrogen and oxygen atoms in total. The van der Waals surface area contributed by atoms with Crippen LogP contribution in [0.2, 0.25) is 0 Å². The Morgan fingerprint density at radius 1 is 1.42 bits per heavy atom. The van der Waals surface area contributed by atoms with Crippen LogP contribution < -0.4 is 0 Å². The second-order valence-corrected chi connectivity index (χ2v) is 5.98. The molecule has 0 spiro atoms. The van der Waals surface area contributed by atoms with Gasteiger partial charge in [-0.25, -0.2) is 4.98 Å². The first-order valence-corrected chi connectivity index (χ1v) is 8.30. The number of hydrogen-bond acceptors (Lipinski definition) is 5. The lowest BCUT2D eigenvalue weighted by molar-refractivity contribution is -0.0244. The second-order valence-electron chi connectivity index (χ2n) is 5.98. The molecule has 0 saturated carbocycles. The number of carbonyl (C=O) groups is 1. The van der Waals surface area contributed by atoms with E-state index in [0.717, 1.165) is 11.0 Å². The highest BCUT2D eigenvalue weighted by Gasteiger charge is 2.35. The lowest BCUT2D eigenvalue weighted by Crippen LogP contribution is -2.30. The summed E-state index contributed by atoms with van der Waals surface area (Å²) in [4.78, 5) is 21.9. The number of nitrogens with zero attached hydrogens (tertiary/aromatic N) is 2. The van der Waals surface area contributed by atoms with Crippen molar-refractivity contribution < 1.29 is 19.7 Å². The summed E-state index contributed by atoms with van der Waals surface area (Å²) in [6, 6.07) is 5.37. The number of benzene rings is 1. The third-order valence-electron chi connectivity index (χ3n) is 4.51. The average molecular weight is 333 g/mol. The van der Waals surface area contributed by atoms with Crippen molar-refractivity contribution in [2.75, 3.05) is 19.7 Å². The Morgan fingerprint density at radius 2 is 2.17 bits per heavy atom. The van der Waals surface area contributed by atoms with Gasteiger partial charge in [-0.15, -0.1) is 0 Å². The van der Waals surface area contributed by atoms with Crippen molar-refractivity contribution in [3.63, 3.8) is 0 Å². The van der Waals surface area contributed by atoms with Gasteiger partial charge >= 0.3 is 0 Å². The molecule has 1 aliphatic heterocycles. The number of nitrogens with one attached hydrogen (secondary N) is 1. The Balaban J connectivity index is 1.86. The molecule has 2 aromatic rings. The lowest BCUT2D eigenvalue weighted by atomic mass is 10.1. The highest BCUT2D eigenvalue weighted by atomic mass is 16.5. The Morgan fingerprint density at radius 3 is 2.79 bits per heavy atom. The summed E-state index contributed by atoms with van der Waals surface area (Å²) in [6.07, 6.45) is -1.28. The number of fused-ring (bicyclic) bond motifs is 1. The van der Waals surface area contributed by atoms with Crippen molar-refractivity contribution in [1.82, 2.24) is 14.9 Å². The maximum Gasteiger partial charge on any atom is 0.253 e. The topological polar surface area (TPSA) is 98.7 Å². The van der Waals surface area contributed by atoms with Crippen molar-refractivity contribution in [2.45, 2.75) is 38.6 Å². The largest absolute Gasteiger partial charge is 0.394 e. The Bertz CT molecular complexity index is 726. The second kappa shape index (κ2) is 6.88. The fourth-order valence-electron chi connectivity index (χ4n) is 3.08. The molecule has 1 aromatic carbocycles. The van der Waals surface area contributed by atoms with E-state index in [4.69, 9.17) is 4.74 Å². The molecule has 24 heavy (non-hydrogen) atoms. The van der Waals surface area contributed by atoms with E-state index in [0.29, 0.717) is 30.9 Å². The quantitative estimate of drug-likeness (QED) is 0.764. The van der Waals surface area contributed by atoms with Crippen LogP contribution in [0.1, 0.15) is 42.6 Å². The van der Waals surface area contributed by atoms with Crippen LogP contribution in [-0.4, -0.2) is 62.9 Å². The third-order valence-corrected chi connectivity index (χ3v) is 4.51. The van der Waals surface area contributed by atoms with Gasteiger partial charge in [-0.2, -0.15) is 0 Å². The molecule has 7 heteroatoms. The standard InChI is InChI=1S/C17H23N3O4/c1-3-20(4-2)17(23)10-5-6-11-12(7-10)19-16(18-11)14-8-13(22)15(9-21)24-14/h5-7,13-15,21-22H,3-4,8-9H2,1-2H3,(H,18,19)/t13-,14+,15+/m0/s1. The number of aromatic amines is 1. The maximum absolute atomic E-state index is 12.4. The molecule has 1 aliphatic rings. The summed E-state index contributed by atoms with van der Waals surface area (Å²) in [6.45, 7) is 5.01. The zero-order valence-corrected chi connectivity index (χ0v) is 13.9. The number of aliphatic hydroxyl groups is 2. The van der Waals surface area contributed by atoms with Crippen LogP contribution in [0.25, 0.3) is 11.0 Å². The van der Waals surface area contributed by atoms with E-state index in [-0.39, 0.29) is 18.6 Å². The number of aromatic nitrogens is 2. The van der Waals surface area contributed by atoms with Crippen LogP contribution in [0.15, 0.2) is 18.2 Å². The maximum atomic E-state index is 12.4. The fraction of sp³-hybridized carbons (Fsp3) is 0.529. The first-order valence-electron chi connectivity index (χ1n) is 8.30. The van der Waals surface area contributed by atoms with Gasteiger partial charge in [-0.3, -0.25) is 4.79 Å². The zero-order valence-electron chi connectivity index (χ0n) is 13.9. The van der Waals surface area contributed by atoms with Crippen molar-refractivity contribution in [3.8, 4) is 0 Å². The van der Waals surface area contributed by atoms with Crippen LogP contribution in [0, 0.1) is 0 Å². The molecule has 0 bridgehead atoms. The summed E-state index contributed by atoms with van der Waals surface area (Å²) >= 11 is 0. The Labute approximate surface area is 140 Å². The first kappa shape index (κ1) is 16.9. The van der Waals surface area contributed by atoms with E-state index in [1.54, 1.807) is 23.1 Å². The van der Waals surface area contributed by atoms with Gasteiger partial charge in [0.1, 0.15) is 18.0 Å². The van der Waals surface area contributed by atoms with Crippen LogP contribution in [0.4, 0.5) is 0 Å². The first-order chi connectivity index (χ1) is 11.6. The molecule has 130 valence electrons. The molecule has 1 saturated heterocycles. The highest BCUT2D eigenvalue weighted by Crippen LogP contribution is 2.32. The lowest BCUT2D eigenvalue weighted by Gasteiger charge is -2.18. The normalized spacial score (nSPS) is 23.8. The van der Waals surface area contributed by atoms with Gasteiger partial charge in [0, 0.05) is 25.1 Å². The molecular formula is C17H23N3O4. The zero-order chi connectivity index (χ0) is 17.3. The van der Waals surface area contributed by atoms with E-state index < -0.39 is 12.2 Å². The summed E-state index contributed by atoms with van der Waals surface area (Å²) in [5, 5.41) is 19.0. The molecule has 3 N–H and O–H groups in total. The van der Waals surface area contributed by atoms with Gasteiger partial charge in [-0.05, 0) is 32.0 Å². The van der Waals surface area contributed by atoms with Crippen LogP contribution in [-0.2, 0) is 4.74 Å². The van der Waals surface area contributed by atoms with Crippen LogP contribution >= 0.6 is 0 Å². The Hall–Kier alpha value is -1.96. The van der Waals surface area contributed by atoms with Gasteiger partial charge in [-0.1, -0.05) is 0 Å². The van der Waals surface area contributed by atoms with Crippen molar-refractivity contribution >= 4 is 16.9 Å². The van der Waals surface area contributed by atoms with Crippen molar-refractivity contribution in [3.05, 3.63) is 29.6 Å². The minimum Gasteiger partial charge on any atom is -0.394 e. The highest BCUT2D eigenvalue weighted by molar-refractivity contribution is 5.97. The molecule has 1 amide bonds. The predicted octanol–water partition coefficient (Wildman–Crippen LogP) is 1.23. The molecule has 0 aliphatic carbocycles. The SMILES string of the molecule is CCN(CC)C(=O)c1ccc2nc([C@H]3C[C@H](O)[C@@H](CO)O3)[nH]c2c1. The van der Waals surface area contributed by atoms with Gasteiger partial charge in [0.05, 0.1) is 23.7 Å². The van der Waals surface area contributed by atoms with E-state index >= 15 is 0 Å². The molecular weight excluding hydrogens is 310 g/mol. The van der Waals surface area contributed by atoms with Gasteiger partial charge in [0.25, 0.3) is 5.91 Å². The van der Waals surface area contributed by atoms with E-state index in [9.17, 15) is 15.0 Å². The van der Waals surface area contributed by atoms with E-state index in [1.165, 1.54) is 0 Å². The monoisotopic (exact) mass is 333 g/mol. The molecule has 2 heterocycles. The Kier molecular flexibility index (Phi) is 4.84. The number of imidazole rings is 1. The number of rotatable bonds is 5. The number of aliphatic hydroxyl groups excluding tert-OH is 2. The molecule has 0 unspecified atom stereocenters. The van der Waals surface area contributed by atoms with Gasteiger partial charge < -0.3 is 24.8 Å². The predicted molar refractivity (Wildman–Crippen MR) is 88.7 cm³/mol. The minimum atomic E-state index is -0.701. The number of carbonyl (C=O) groups excluding carboxylic acids is 1. The van der Waals surface area contributed by atoms with Crippen molar-refractivity contribution in [1.29, 1.82) is 0 Å². The molecule has 1 aromatic heterocycles. The summed E-state index contributed by atoms with van der Waals surface area (Å²) in [7, 11) is 0. The van der Waals surface area contributed by atoms with Gasteiger partial charge in [0.2, 0.25) is 0 Å². The summed E-state index contributed by atoms with van der Waals surface area (Å²) in [5.74, 6) is 0.596. The number of ether oxygens (including phenoxy) is 1. The average Bonchev–Trinajstić information content (AvgIpc) is 3.17. The molecule has 3 rings (SSSR count). The molecule has 0 radical (unpaired) electrons. The molecule has 3 atom stereocenters. The van der Waals surface area contributed by atoms with Crippen LogP contribution in [0.3, 0.4) is 0 Å².